The van der Waals surface area contributed by atoms with Crippen LogP contribution >= 0.6 is 11.6 Å². The van der Waals surface area contributed by atoms with Crippen molar-refractivity contribution >= 4 is 17.5 Å². The van der Waals surface area contributed by atoms with Gasteiger partial charge in [-0.3, -0.25) is 4.79 Å². The molecule has 12 heavy (non-hydrogen) atoms. The molecule has 0 heterocycles. The summed E-state index contributed by atoms with van der Waals surface area (Å²) in [6, 6.07) is 0. The van der Waals surface area contributed by atoms with E-state index in [1.54, 1.807) is 0 Å². The normalized spacial score (nSPS) is 26.9. The van der Waals surface area contributed by atoms with Crippen molar-refractivity contribution in [1.29, 1.82) is 0 Å². The third kappa shape index (κ3) is 2.37. The number of carbonyl (C=O) groups is 1. The van der Waals surface area contributed by atoms with Crippen LogP contribution in [0.3, 0.4) is 0 Å². The van der Waals surface area contributed by atoms with Crippen molar-refractivity contribution in [2.45, 2.75) is 32.1 Å². The molecule has 1 aliphatic rings. The third-order valence-corrected chi connectivity index (χ3v) is 2.92. The number of nitrogens with zero attached hydrogens (tertiary/aromatic N) is 1. The van der Waals surface area contributed by atoms with Crippen LogP contribution in [0.2, 0.25) is 0 Å². The van der Waals surface area contributed by atoms with Crippen LogP contribution in [0, 0.1) is 5.92 Å². The zero-order chi connectivity index (χ0) is 9.14. The van der Waals surface area contributed by atoms with E-state index in [-0.39, 0.29) is 11.3 Å². The molecule has 0 bridgehead atoms. The smallest absolute Gasteiger partial charge is 0.222 e. The molecule has 0 spiro atoms. The zero-order valence-corrected chi connectivity index (χ0v) is 8.47. The van der Waals surface area contributed by atoms with Gasteiger partial charge in [0.05, 0.1) is 0 Å². The van der Waals surface area contributed by atoms with Gasteiger partial charge in [0.1, 0.15) is 0 Å². The highest BCUT2D eigenvalue weighted by molar-refractivity contribution is 6.22. The van der Waals surface area contributed by atoms with Gasteiger partial charge < -0.3 is 4.90 Å². The molecule has 0 aliphatic heterocycles. The Morgan fingerprint density at radius 1 is 1.50 bits per heavy atom. The van der Waals surface area contributed by atoms with Gasteiger partial charge >= 0.3 is 0 Å². The Balaban J connectivity index is 2.26. The van der Waals surface area contributed by atoms with Crippen LogP contribution in [0.5, 0.6) is 0 Å². The van der Waals surface area contributed by atoms with Crippen molar-refractivity contribution in [3.8, 4) is 0 Å². The molecule has 3 heteroatoms. The van der Waals surface area contributed by atoms with Crippen molar-refractivity contribution < 1.29 is 4.79 Å². The minimum Gasteiger partial charge on any atom is -0.343 e. The Hall–Kier alpha value is -0.240. The maximum absolute atomic E-state index is 11.5. The van der Waals surface area contributed by atoms with E-state index in [0.29, 0.717) is 12.3 Å². The van der Waals surface area contributed by atoms with Gasteiger partial charge in [-0.2, -0.15) is 0 Å². The third-order valence-electron chi connectivity index (χ3n) is 2.39. The van der Waals surface area contributed by atoms with Crippen molar-refractivity contribution in [1.82, 2.24) is 4.90 Å². The summed E-state index contributed by atoms with van der Waals surface area (Å²) in [5.41, 5.74) is 0. The highest BCUT2D eigenvalue weighted by Gasteiger charge is 2.37. The number of halogens is 1. The summed E-state index contributed by atoms with van der Waals surface area (Å²) < 4.78 is 0. The van der Waals surface area contributed by atoms with Crippen LogP contribution < -0.4 is 0 Å². The lowest BCUT2D eigenvalue weighted by atomic mass is 10.2. The molecule has 0 aromatic rings. The standard InChI is InChI=1S/C9H16ClNO/c1-3-11(4-2)9(12)6-7-5-8(7)10/h7-8H,3-6H2,1-2H3. The fourth-order valence-electron chi connectivity index (χ4n) is 1.35. The number of alkyl halides is 1. The monoisotopic (exact) mass is 189 g/mol. The number of hydrogen-bond donors (Lipinski definition) is 0. The molecule has 0 aromatic heterocycles. The Bertz CT molecular complexity index is 168. The van der Waals surface area contributed by atoms with E-state index in [4.69, 9.17) is 11.6 Å². The first-order valence-electron chi connectivity index (χ1n) is 4.60. The fraction of sp³-hybridized carbons (Fsp3) is 0.889. The molecule has 1 saturated carbocycles. The molecule has 0 aromatic carbocycles. The molecule has 1 fully saturated rings. The van der Waals surface area contributed by atoms with Crippen LogP contribution in [0.1, 0.15) is 26.7 Å². The zero-order valence-electron chi connectivity index (χ0n) is 7.72. The lowest BCUT2D eigenvalue weighted by Gasteiger charge is -2.18. The predicted molar refractivity (Wildman–Crippen MR) is 50.3 cm³/mol. The molecule has 0 saturated heterocycles. The van der Waals surface area contributed by atoms with E-state index in [9.17, 15) is 4.79 Å². The van der Waals surface area contributed by atoms with E-state index in [0.717, 1.165) is 19.5 Å². The van der Waals surface area contributed by atoms with Crippen LogP contribution in [0.15, 0.2) is 0 Å². The summed E-state index contributed by atoms with van der Waals surface area (Å²) in [6.07, 6.45) is 1.67. The molecular weight excluding hydrogens is 174 g/mol. The highest BCUT2D eigenvalue weighted by Crippen LogP contribution is 2.39. The van der Waals surface area contributed by atoms with Crippen molar-refractivity contribution in [3.05, 3.63) is 0 Å². The second kappa shape index (κ2) is 4.13. The average molecular weight is 190 g/mol. The first-order valence-corrected chi connectivity index (χ1v) is 5.04. The fourth-order valence-corrected chi connectivity index (χ4v) is 1.67. The van der Waals surface area contributed by atoms with Crippen molar-refractivity contribution in [2.24, 2.45) is 5.92 Å². The lowest BCUT2D eigenvalue weighted by molar-refractivity contribution is -0.131. The summed E-state index contributed by atoms with van der Waals surface area (Å²) in [5.74, 6) is 0.716. The second-order valence-corrected chi connectivity index (χ2v) is 3.84. The van der Waals surface area contributed by atoms with Gasteiger partial charge in [-0.15, -0.1) is 11.6 Å². The molecule has 1 aliphatic carbocycles. The molecule has 0 radical (unpaired) electrons. The molecule has 70 valence electrons. The maximum atomic E-state index is 11.5. The quantitative estimate of drug-likeness (QED) is 0.619. The van der Waals surface area contributed by atoms with Gasteiger partial charge in [0.15, 0.2) is 0 Å². The molecule has 1 rings (SSSR count). The topological polar surface area (TPSA) is 20.3 Å². The van der Waals surface area contributed by atoms with E-state index >= 15 is 0 Å². The molecular formula is C9H16ClNO. The highest BCUT2D eigenvalue weighted by atomic mass is 35.5. The summed E-state index contributed by atoms with van der Waals surface area (Å²) in [5, 5.41) is 0.268. The van der Waals surface area contributed by atoms with E-state index in [2.05, 4.69) is 0 Å². The van der Waals surface area contributed by atoms with Gasteiger partial charge in [0.2, 0.25) is 5.91 Å². The summed E-state index contributed by atoms with van der Waals surface area (Å²) in [6.45, 7) is 5.64. The van der Waals surface area contributed by atoms with Crippen molar-refractivity contribution in [2.75, 3.05) is 13.1 Å². The minimum atomic E-state index is 0.258. The van der Waals surface area contributed by atoms with Crippen LogP contribution in [0.4, 0.5) is 0 Å². The summed E-state index contributed by atoms with van der Waals surface area (Å²) >= 11 is 5.82. The predicted octanol–water partition coefficient (Wildman–Crippen LogP) is 1.87. The Morgan fingerprint density at radius 3 is 2.33 bits per heavy atom. The molecule has 2 atom stereocenters. The maximum Gasteiger partial charge on any atom is 0.222 e. The molecule has 0 N–H and O–H groups in total. The largest absolute Gasteiger partial charge is 0.343 e. The van der Waals surface area contributed by atoms with E-state index in [1.807, 2.05) is 18.7 Å². The second-order valence-electron chi connectivity index (χ2n) is 3.28. The van der Waals surface area contributed by atoms with Gasteiger partial charge in [-0.25, -0.2) is 0 Å². The number of carbonyl (C=O) groups excluding carboxylic acids is 1. The average Bonchev–Trinajstić information content (AvgIpc) is 2.69. The van der Waals surface area contributed by atoms with Crippen molar-refractivity contribution in [3.63, 3.8) is 0 Å². The summed E-state index contributed by atoms with van der Waals surface area (Å²) in [4.78, 5) is 13.3. The first-order chi connectivity index (χ1) is 5.69. The van der Waals surface area contributed by atoms with Gasteiger partial charge in [-0.05, 0) is 26.2 Å². The minimum absolute atomic E-state index is 0.258. The van der Waals surface area contributed by atoms with E-state index < -0.39 is 0 Å². The van der Waals surface area contributed by atoms with Crippen LogP contribution in [-0.2, 0) is 4.79 Å². The summed E-state index contributed by atoms with van der Waals surface area (Å²) in [7, 11) is 0. The van der Waals surface area contributed by atoms with Gasteiger partial charge in [0.25, 0.3) is 0 Å². The number of hydrogen-bond acceptors (Lipinski definition) is 1. The molecule has 2 nitrogen and oxygen atoms in total. The first kappa shape index (κ1) is 9.85. The lowest BCUT2D eigenvalue weighted by Crippen LogP contribution is -2.30. The van der Waals surface area contributed by atoms with Gasteiger partial charge in [0, 0.05) is 24.9 Å². The number of rotatable bonds is 4. The molecule has 1 amide bonds. The number of amides is 1. The SMILES string of the molecule is CCN(CC)C(=O)CC1CC1Cl. The Morgan fingerprint density at radius 2 is 2.00 bits per heavy atom. The molecule has 2 unspecified atom stereocenters. The Kier molecular flexibility index (Phi) is 3.39. The van der Waals surface area contributed by atoms with Crippen LogP contribution in [-0.4, -0.2) is 29.3 Å². The Labute approximate surface area is 78.9 Å². The van der Waals surface area contributed by atoms with Crippen LogP contribution in [0.25, 0.3) is 0 Å². The van der Waals surface area contributed by atoms with E-state index in [1.165, 1.54) is 0 Å². The van der Waals surface area contributed by atoms with Gasteiger partial charge in [-0.1, -0.05) is 0 Å².